The van der Waals surface area contributed by atoms with Crippen LogP contribution in [0.5, 0.6) is 0 Å². The van der Waals surface area contributed by atoms with Crippen LogP contribution in [-0.4, -0.2) is 11.5 Å². The number of hydrogen-bond donors (Lipinski definition) is 1. The zero-order chi connectivity index (χ0) is 8.43. The highest BCUT2D eigenvalue weighted by Crippen LogP contribution is 2.26. The third-order valence-corrected chi connectivity index (χ3v) is 2.40. The van der Waals surface area contributed by atoms with Gasteiger partial charge < -0.3 is 5.11 Å². The second-order valence-electron chi connectivity index (χ2n) is 2.31. The maximum Gasteiger partial charge on any atom is 0.268 e. The molecule has 1 rings (SSSR count). The lowest BCUT2D eigenvalue weighted by Crippen LogP contribution is -2.05. The number of aryl methyl sites for hydroxylation is 1. The number of aliphatic hydroxyl groups is 1. The minimum atomic E-state index is -2.69. The van der Waals surface area contributed by atoms with Crippen LogP contribution in [0.15, 0.2) is 11.4 Å². The summed E-state index contributed by atoms with van der Waals surface area (Å²) < 4.78 is 23.8. The molecule has 0 radical (unpaired) electrons. The second kappa shape index (κ2) is 3.28. The first-order valence-corrected chi connectivity index (χ1v) is 4.00. The normalized spacial score (nSPS) is 13.9. The molecular formula is C7H8F2OS. The lowest BCUT2D eigenvalue weighted by Gasteiger charge is -2.04. The number of hydrogen-bond acceptors (Lipinski definition) is 2. The Balaban J connectivity index is 2.76. The standard InChI is InChI=1S/C7H8F2OS/c1-4-2-5(11-3-4)6(10)7(8)9/h2-3,6-7,10H,1H3. The predicted molar refractivity (Wildman–Crippen MR) is 40.0 cm³/mol. The summed E-state index contributed by atoms with van der Waals surface area (Å²) in [7, 11) is 0. The highest BCUT2D eigenvalue weighted by Gasteiger charge is 2.19. The van der Waals surface area contributed by atoms with Crippen LogP contribution < -0.4 is 0 Å². The summed E-state index contributed by atoms with van der Waals surface area (Å²) in [4.78, 5) is 0.331. The average molecular weight is 178 g/mol. The summed E-state index contributed by atoms with van der Waals surface area (Å²) in [5.41, 5.74) is 0.907. The summed E-state index contributed by atoms with van der Waals surface area (Å²) in [5, 5.41) is 10.6. The Bertz CT molecular complexity index is 234. The third kappa shape index (κ3) is 1.97. The Labute approximate surface area is 67.3 Å². The molecule has 0 saturated carbocycles. The van der Waals surface area contributed by atoms with Gasteiger partial charge >= 0.3 is 0 Å². The van der Waals surface area contributed by atoms with Gasteiger partial charge in [-0.3, -0.25) is 0 Å². The van der Waals surface area contributed by atoms with Gasteiger partial charge in [-0.1, -0.05) is 0 Å². The van der Waals surface area contributed by atoms with E-state index < -0.39 is 12.5 Å². The SMILES string of the molecule is Cc1csc(C(O)C(F)F)c1. The van der Waals surface area contributed by atoms with Crippen molar-refractivity contribution in [2.24, 2.45) is 0 Å². The third-order valence-electron chi connectivity index (χ3n) is 1.28. The van der Waals surface area contributed by atoms with E-state index in [-0.39, 0.29) is 0 Å². The minimum Gasteiger partial charge on any atom is -0.382 e. The van der Waals surface area contributed by atoms with Gasteiger partial charge in [0, 0.05) is 4.88 Å². The number of thiophene rings is 1. The van der Waals surface area contributed by atoms with Crippen molar-refractivity contribution in [1.29, 1.82) is 0 Å². The molecule has 0 aliphatic carbocycles. The van der Waals surface area contributed by atoms with Gasteiger partial charge in [-0.2, -0.15) is 0 Å². The van der Waals surface area contributed by atoms with Crippen LogP contribution in [0.3, 0.4) is 0 Å². The topological polar surface area (TPSA) is 20.2 Å². The van der Waals surface area contributed by atoms with Gasteiger partial charge in [-0.05, 0) is 23.9 Å². The average Bonchev–Trinajstić information content (AvgIpc) is 2.34. The zero-order valence-electron chi connectivity index (χ0n) is 5.92. The van der Waals surface area contributed by atoms with Crippen molar-refractivity contribution in [3.63, 3.8) is 0 Å². The van der Waals surface area contributed by atoms with Crippen LogP contribution in [-0.2, 0) is 0 Å². The van der Waals surface area contributed by atoms with Crippen LogP contribution in [0.4, 0.5) is 8.78 Å². The van der Waals surface area contributed by atoms with Crippen molar-refractivity contribution in [2.45, 2.75) is 19.5 Å². The van der Waals surface area contributed by atoms with Crippen LogP contribution in [0.2, 0.25) is 0 Å². The molecule has 0 aliphatic rings. The van der Waals surface area contributed by atoms with Gasteiger partial charge in [0.05, 0.1) is 0 Å². The van der Waals surface area contributed by atoms with Gasteiger partial charge in [-0.15, -0.1) is 11.3 Å². The van der Waals surface area contributed by atoms with E-state index in [9.17, 15) is 8.78 Å². The molecule has 0 fully saturated rings. The van der Waals surface area contributed by atoms with E-state index in [1.54, 1.807) is 18.4 Å². The van der Waals surface area contributed by atoms with Gasteiger partial charge in [0.15, 0.2) is 0 Å². The van der Waals surface area contributed by atoms with E-state index in [1.807, 2.05) is 0 Å². The smallest absolute Gasteiger partial charge is 0.268 e. The molecule has 1 heterocycles. The Morgan fingerprint density at radius 1 is 1.55 bits per heavy atom. The van der Waals surface area contributed by atoms with E-state index in [4.69, 9.17) is 5.11 Å². The summed E-state index contributed by atoms with van der Waals surface area (Å²) in [6, 6.07) is 1.57. The number of aliphatic hydroxyl groups excluding tert-OH is 1. The van der Waals surface area contributed by atoms with Crippen molar-refractivity contribution >= 4 is 11.3 Å². The minimum absolute atomic E-state index is 0.331. The molecule has 0 aromatic carbocycles. The monoisotopic (exact) mass is 178 g/mol. The first kappa shape index (κ1) is 8.62. The van der Waals surface area contributed by atoms with E-state index >= 15 is 0 Å². The highest BCUT2D eigenvalue weighted by molar-refractivity contribution is 7.10. The largest absolute Gasteiger partial charge is 0.382 e. The van der Waals surface area contributed by atoms with Crippen molar-refractivity contribution in [1.82, 2.24) is 0 Å². The Hall–Kier alpha value is -0.480. The van der Waals surface area contributed by atoms with Crippen molar-refractivity contribution < 1.29 is 13.9 Å². The molecule has 0 amide bonds. The molecule has 11 heavy (non-hydrogen) atoms. The van der Waals surface area contributed by atoms with Crippen molar-refractivity contribution in [3.05, 3.63) is 21.9 Å². The fourth-order valence-corrected chi connectivity index (χ4v) is 1.62. The molecule has 1 N–H and O–H groups in total. The van der Waals surface area contributed by atoms with Gasteiger partial charge in [0.2, 0.25) is 0 Å². The molecule has 1 nitrogen and oxygen atoms in total. The van der Waals surface area contributed by atoms with Crippen LogP contribution in [0.1, 0.15) is 16.5 Å². The van der Waals surface area contributed by atoms with Crippen LogP contribution >= 0.6 is 11.3 Å². The molecule has 1 unspecified atom stereocenters. The lowest BCUT2D eigenvalue weighted by molar-refractivity contribution is -0.00370. The molecule has 0 saturated heterocycles. The van der Waals surface area contributed by atoms with Crippen LogP contribution in [0, 0.1) is 6.92 Å². The molecule has 4 heteroatoms. The predicted octanol–water partition coefficient (Wildman–Crippen LogP) is 2.36. The quantitative estimate of drug-likeness (QED) is 0.737. The summed E-state index contributed by atoms with van der Waals surface area (Å²) in [6.45, 7) is 1.80. The van der Waals surface area contributed by atoms with Crippen molar-refractivity contribution in [3.8, 4) is 0 Å². The second-order valence-corrected chi connectivity index (χ2v) is 3.25. The molecule has 1 aromatic rings. The highest BCUT2D eigenvalue weighted by atomic mass is 32.1. The molecular weight excluding hydrogens is 170 g/mol. The molecule has 1 atom stereocenters. The van der Waals surface area contributed by atoms with Crippen LogP contribution in [0.25, 0.3) is 0 Å². The Morgan fingerprint density at radius 3 is 2.55 bits per heavy atom. The fourth-order valence-electron chi connectivity index (χ4n) is 0.733. The maximum atomic E-state index is 11.9. The van der Waals surface area contributed by atoms with Crippen molar-refractivity contribution in [2.75, 3.05) is 0 Å². The fraction of sp³-hybridized carbons (Fsp3) is 0.429. The number of alkyl halides is 2. The van der Waals surface area contributed by atoms with Gasteiger partial charge in [0.1, 0.15) is 6.10 Å². The molecule has 0 spiro atoms. The molecule has 0 bridgehead atoms. The lowest BCUT2D eigenvalue weighted by atomic mass is 10.2. The van der Waals surface area contributed by atoms with Gasteiger partial charge in [-0.25, -0.2) is 8.78 Å². The molecule has 1 aromatic heterocycles. The van der Waals surface area contributed by atoms with E-state index in [0.29, 0.717) is 4.88 Å². The molecule has 0 aliphatic heterocycles. The van der Waals surface area contributed by atoms with E-state index in [2.05, 4.69) is 0 Å². The Morgan fingerprint density at radius 2 is 2.18 bits per heavy atom. The summed E-state index contributed by atoms with van der Waals surface area (Å²) in [6.07, 6.45) is -4.30. The molecule has 62 valence electrons. The van der Waals surface area contributed by atoms with E-state index in [0.717, 1.165) is 16.9 Å². The number of halogens is 2. The zero-order valence-corrected chi connectivity index (χ0v) is 6.74. The summed E-state index contributed by atoms with van der Waals surface area (Å²) >= 11 is 1.16. The number of rotatable bonds is 2. The maximum absolute atomic E-state index is 11.9. The Kier molecular flexibility index (Phi) is 2.57. The first-order valence-electron chi connectivity index (χ1n) is 3.12. The first-order chi connectivity index (χ1) is 5.11. The van der Waals surface area contributed by atoms with E-state index in [1.165, 1.54) is 0 Å². The summed E-state index contributed by atoms with van der Waals surface area (Å²) in [5.74, 6) is 0. The van der Waals surface area contributed by atoms with Gasteiger partial charge in [0.25, 0.3) is 6.43 Å².